The zero-order valence-corrected chi connectivity index (χ0v) is 14.3. The Morgan fingerprint density at radius 3 is 1.96 bits per heavy atom. The minimum atomic E-state index is -0.317. The second-order valence-electron chi connectivity index (χ2n) is 7.65. The standard InChI is InChI=1S/C18H33NO4/c20-14-17(8-9-17)6-2-1-5-13-23-16(22)19-12-4-3-7-18(15-21)10-11-18/h20-21H,1-15H2,(H,19,22). The van der Waals surface area contributed by atoms with Gasteiger partial charge in [0.1, 0.15) is 0 Å². The molecule has 3 N–H and O–H groups in total. The lowest BCUT2D eigenvalue weighted by Crippen LogP contribution is -2.25. The van der Waals surface area contributed by atoms with Crippen molar-refractivity contribution in [3.63, 3.8) is 0 Å². The Morgan fingerprint density at radius 2 is 1.43 bits per heavy atom. The molecule has 0 spiro atoms. The summed E-state index contributed by atoms with van der Waals surface area (Å²) in [4.78, 5) is 11.5. The maximum absolute atomic E-state index is 11.5. The number of amides is 1. The van der Waals surface area contributed by atoms with Gasteiger partial charge in [0.2, 0.25) is 0 Å². The molecule has 0 heterocycles. The van der Waals surface area contributed by atoms with Gasteiger partial charge in [0, 0.05) is 19.8 Å². The van der Waals surface area contributed by atoms with Gasteiger partial charge in [-0.15, -0.1) is 0 Å². The molecular weight excluding hydrogens is 294 g/mol. The second-order valence-corrected chi connectivity index (χ2v) is 7.65. The zero-order valence-electron chi connectivity index (χ0n) is 14.3. The molecule has 2 fully saturated rings. The van der Waals surface area contributed by atoms with Crippen LogP contribution in [0.3, 0.4) is 0 Å². The van der Waals surface area contributed by atoms with Gasteiger partial charge >= 0.3 is 6.09 Å². The molecule has 0 atom stereocenters. The molecule has 0 aliphatic heterocycles. The van der Waals surface area contributed by atoms with Crippen LogP contribution < -0.4 is 5.32 Å². The molecule has 0 radical (unpaired) electrons. The Balaban J connectivity index is 1.34. The first-order chi connectivity index (χ1) is 11.1. The molecule has 0 aromatic heterocycles. The van der Waals surface area contributed by atoms with Crippen LogP contribution in [-0.2, 0) is 4.74 Å². The van der Waals surface area contributed by atoms with E-state index in [4.69, 9.17) is 4.74 Å². The Kier molecular flexibility index (Phi) is 7.15. The van der Waals surface area contributed by atoms with Crippen LogP contribution in [0.2, 0.25) is 0 Å². The Morgan fingerprint density at radius 1 is 0.870 bits per heavy atom. The highest BCUT2D eigenvalue weighted by atomic mass is 16.5. The van der Waals surface area contributed by atoms with E-state index in [0.717, 1.165) is 57.8 Å². The number of aliphatic hydroxyl groups is 2. The van der Waals surface area contributed by atoms with E-state index in [1.165, 1.54) is 12.8 Å². The molecule has 0 aromatic carbocycles. The normalized spacial score (nSPS) is 20.1. The summed E-state index contributed by atoms with van der Waals surface area (Å²) in [6, 6.07) is 0. The lowest BCUT2D eigenvalue weighted by atomic mass is 10.00. The van der Waals surface area contributed by atoms with E-state index in [0.29, 0.717) is 26.4 Å². The van der Waals surface area contributed by atoms with Crippen molar-refractivity contribution in [1.29, 1.82) is 0 Å². The van der Waals surface area contributed by atoms with Crippen LogP contribution in [0.25, 0.3) is 0 Å². The first-order valence-corrected chi connectivity index (χ1v) is 9.26. The molecule has 134 valence electrons. The highest BCUT2D eigenvalue weighted by Crippen LogP contribution is 2.49. The number of carbonyl (C=O) groups excluding carboxylic acids is 1. The topological polar surface area (TPSA) is 78.8 Å². The van der Waals surface area contributed by atoms with Crippen LogP contribution in [0.1, 0.15) is 70.6 Å². The van der Waals surface area contributed by atoms with E-state index >= 15 is 0 Å². The van der Waals surface area contributed by atoms with E-state index in [9.17, 15) is 15.0 Å². The molecule has 2 aliphatic carbocycles. The van der Waals surface area contributed by atoms with Gasteiger partial charge in [0.15, 0.2) is 0 Å². The van der Waals surface area contributed by atoms with E-state index in [1.807, 2.05) is 0 Å². The number of aliphatic hydroxyl groups excluding tert-OH is 2. The first-order valence-electron chi connectivity index (χ1n) is 9.26. The minimum Gasteiger partial charge on any atom is -0.450 e. The fourth-order valence-electron chi connectivity index (χ4n) is 3.14. The molecule has 2 aliphatic rings. The van der Waals surface area contributed by atoms with Crippen molar-refractivity contribution >= 4 is 6.09 Å². The van der Waals surface area contributed by atoms with E-state index in [2.05, 4.69) is 5.32 Å². The highest BCUT2D eigenvalue weighted by molar-refractivity contribution is 5.66. The van der Waals surface area contributed by atoms with Gasteiger partial charge in [0.25, 0.3) is 0 Å². The largest absolute Gasteiger partial charge is 0.450 e. The summed E-state index contributed by atoms with van der Waals surface area (Å²) in [5, 5.41) is 21.2. The van der Waals surface area contributed by atoms with Crippen LogP contribution in [0.5, 0.6) is 0 Å². The van der Waals surface area contributed by atoms with Crippen molar-refractivity contribution < 1.29 is 19.7 Å². The lowest BCUT2D eigenvalue weighted by Gasteiger charge is -2.12. The van der Waals surface area contributed by atoms with Crippen molar-refractivity contribution in [3.05, 3.63) is 0 Å². The monoisotopic (exact) mass is 327 g/mol. The number of ether oxygens (including phenoxy) is 1. The van der Waals surface area contributed by atoms with Crippen molar-refractivity contribution in [2.75, 3.05) is 26.4 Å². The van der Waals surface area contributed by atoms with Crippen LogP contribution in [-0.4, -0.2) is 42.7 Å². The number of hydrogen-bond donors (Lipinski definition) is 3. The molecule has 2 saturated carbocycles. The van der Waals surface area contributed by atoms with Crippen molar-refractivity contribution in [2.45, 2.75) is 70.6 Å². The molecule has 0 bridgehead atoms. The van der Waals surface area contributed by atoms with Crippen LogP contribution in [0, 0.1) is 10.8 Å². The minimum absolute atomic E-state index is 0.218. The van der Waals surface area contributed by atoms with Crippen molar-refractivity contribution in [1.82, 2.24) is 5.32 Å². The van der Waals surface area contributed by atoms with Crippen molar-refractivity contribution in [3.8, 4) is 0 Å². The SMILES string of the molecule is O=C(NCCCCC1(CO)CC1)OCCCCCC1(CO)CC1. The zero-order chi connectivity index (χ0) is 16.6. The summed E-state index contributed by atoms with van der Waals surface area (Å²) in [6.45, 7) is 1.76. The van der Waals surface area contributed by atoms with Gasteiger partial charge in [-0.05, 0) is 62.2 Å². The lowest BCUT2D eigenvalue weighted by molar-refractivity contribution is 0.142. The fraction of sp³-hybridized carbons (Fsp3) is 0.944. The first kappa shape index (κ1) is 18.5. The van der Waals surface area contributed by atoms with E-state index in [1.54, 1.807) is 0 Å². The van der Waals surface area contributed by atoms with E-state index < -0.39 is 0 Å². The van der Waals surface area contributed by atoms with Crippen molar-refractivity contribution in [2.24, 2.45) is 10.8 Å². The number of carbonyl (C=O) groups is 1. The van der Waals surface area contributed by atoms with Gasteiger partial charge in [-0.2, -0.15) is 0 Å². The maximum Gasteiger partial charge on any atom is 0.407 e. The van der Waals surface area contributed by atoms with Gasteiger partial charge < -0.3 is 20.3 Å². The number of rotatable bonds is 13. The second kappa shape index (κ2) is 8.88. The third-order valence-corrected chi connectivity index (χ3v) is 5.57. The quantitative estimate of drug-likeness (QED) is 0.454. The van der Waals surface area contributed by atoms with Crippen LogP contribution in [0.4, 0.5) is 4.79 Å². The number of alkyl carbamates (subject to hydrolysis) is 1. The average Bonchev–Trinajstić information content (AvgIpc) is 3.47. The maximum atomic E-state index is 11.5. The third kappa shape index (κ3) is 6.68. The molecule has 1 amide bonds. The highest BCUT2D eigenvalue weighted by Gasteiger charge is 2.41. The van der Waals surface area contributed by atoms with Gasteiger partial charge in [-0.25, -0.2) is 4.79 Å². The fourth-order valence-corrected chi connectivity index (χ4v) is 3.14. The summed E-state index contributed by atoms with van der Waals surface area (Å²) >= 11 is 0. The summed E-state index contributed by atoms with van der Waals surface area (Å²) < 4.78 is 5.16. The summed E-state index contributed by atoms with van der Waals surface area (Å²) in [5.41, 5.74) is 0.461. The number of nitrogens with one attached hydrogen (secondary N) is 1. The summed E-state index contributed by atoms with van der Waals surface area (Å²) in [6.07, 6.45) is 11.5. The van der Waals surface area contributed by atoms with Crippen LogP contribution >= 0.6 is 0 Å². The van der Waals surface area contributed by atoms with Crippen LogP contribution in [0.15, 0.2) is 0 Å². The Hall–Kier alpha value is -0.810. The molecule has 0 unspecified atom stereocenters. The third-order valence-electron chi connectivity index (χ3n) is 5.57. The van der Waals surface area contributed by atoms with Gasteiger partial charge in [0.05, 0.1) is 6.61 Å². The molecular formula is C18H33NO4. The predicted octanol–water partition coefficient (Wildman–Crippen LogP) is 2.99. The summed E-state index contributed by atoms with van der Waals surface area (Å²) in [5.74, 6) is 0. The smallest absolute Gasteiger partial charge is 0.407 e. The van der Waals surface area contributed by atoms with E-state index in [-0.39, 0.29) is 16.9 Å². The van der Waals surface area contributed by atoms with Gasteiger partial charge in [-0.1, -0.05) is 19.3 Å². The number of hydrogen-bond acceptors (Lipinski definition) is 4. The molecule has 0 aromatic rings. The predicted molar refractivity (Wildman–Crippen MR) is 89.2 cm³/mol. The Bertz CT molecular complexity index is 364. The molecule has 5 heteroatoms. The summed E-state index contributed by atoms with van der Waals surface area (Å²) in [7, 11) is 0. The Labute approximate surface area is 139 Å². The number of unbranched alkanes of at least 4 members (excludes halogenated alkanes) is 3. The molecule has 5 nitrogen and oxygen atoms in total. The molecule has 0 saturated heterocycles. The molecule has 23 heavy (non-hydrogen) atoms. The molecule has 2 rings (SSSR count). The average molecular weight is 327 g/mol. The van der Waals surface area contributed by atoms with Gasteiger partial charge in [-0.3, -0.25) is 0 Å².